The number of nitrogens with one attached hydrogen (secondary N) is 1. The zero-order valence-corrected chi connectivity index (χ0v) is 14.5. The fraction of sp³-hybridized carbons (Fsp3) is 0.632. The summed E-state index contributed by atoms with van der Waals surface area (Å²) >= 11 is 0. The molecule has 5 heteroatoms. The van der Waals surface area contributed by atoms with Gasteiger partial charge in [0.15, 0.2) is 0 Å². The van der Waals surface area contributed by atoms with Crippen LogP contribution in [-0.2, 0) is 4.79 Å². The molecule has 2 heterocycles. The van der Waals surface area contributed by atoms with Gasteiger partial charge in [-0.05, 0) is 56.9 Å². The van der Waals surface area contributed by atoms with Gasteiger partial charge < -0.3 is 19.7 Å². The summed E-state index contributed by atoms with van der Waals surface area (Å²) in [6.07, 6.45) is 4.88. The Kier molecular flexibility index (Phi) is 5.96. The summed E-state index contributed by atoms with van der Waals surface area (Å²) in [6, 6.07) is 8.75. The van der Waals surface area contributed by atoms with E-state index in [2.05, 4.69) is 5.32 Å². The predicted octanol–water partition coefficient (Wildman–Crippen LogP) is 2.60. The zero-order valence-electron chi connectivity index (χ0n) is 14.5. The number of hydrogen-bond acceptors (Lipinski definition) is 4. The van der Waals surface area contributed by atoms with Gasteiger partial charge in [-0.1, -0.05) is 0 Å². The lowest BCUT2D eigenvalue weighted by Gasteiger charge is -2.24. The van der Waals surface area contributed by atoms with Crippen molar-refractivity contribution in [2.75, 3.05) is 26.3 Å². The first-order valence-corrected chi connectivity index (χ1v) is 9.14. The van der Waals surface area contributed by atoms with Gasteiger partial charge in [0.2, 0.25) is 5.91 Å². The Labute approximate surface area is 144 Å². The Balaban J connectivity index is 1.36. The average Bonchev–Trinajstić information content (AvgIpc) is 2.92. The number of carbonyl (C=O) groups is 1. The van der Waals surface area contributed by atoms with Gasteiger partial charge in [-0.25, -0.2) is 0 Å². The summed E-state index contributed by atoms with van der Waals surface area (Å²) < 4.78 is 11.1. The molecule has 2 unspecified atom stereocenters. The predicted molar refractivity (Wildman–Crippen MR) is 93.5 cm³/mol. The number of hydrogen-bond donors (Lipinski definition) is 1. The molecule has 2 aliphatic rings. The topological polar surface area (TPSA) is 50.8 Å². The summed E-state index contributed by atoms with van der Waals surface area (Å²) in [6.45, 7) is 4.96. The van der Waals surface area contributed by atoms with Crippen molar-refractivity contribution in [2.24, 2.45) is 0 Å². The molecule has 0 aliphatic carbocycles. The molecule has 1 aromatic rings. The maximum Gasteiger partial charge on any atom is 0.222 e. The fourth-order valence-electron chi connectivity index (χ4n) is 3.54. The van der Waals surface area contributed by atoms with Crippen molar-refractivity contribution in [3.8, 4) is 11.5 Å². The van der Waals surface area contributed by atoms with Crippen molar-refractivity contribution in [1.82, 2.24) is 10.2 Å². The molecular formula is C19H28N2O3. The smallest absolute Gasteiger partial charge is 0.222 e. The molecule has 2 fully saturated rings. The second-order valence-electron chi connectivity index (χ2n) is 6.62. The van der Waals surface area contributed by atoms with Crippen LogP contribution in [0.4, 0.5) is 0 Å². The zero-order chi connectivity index (χ0) is 16.8. The van der Waals surface area contributed by atoms with Gasteiger partial charge in [0.1, 0.15) is 11.5 Å². The maximum atomic E-state index is 12.4. The molecule has 0 radical (unpaired) electrons. The van der Waals surface area contributed by atoms with Crippen LogP contribution in [0.25, 0.3) is 0 Å². The lowest BCUT2D eigenvalue weighted by atomic mass is 10.1. The third kappa shape index (κ3) is 4.63. The summed E-state index contributed by atoms with van der Waals surface area (Å²) in [4.78, 5) is 14.4. The van der Waals surface area contributed by atoms with E-state index in [4.69, 9.17) is 9.47 Å². The molecule has 24 heavy (non-hydrogen) atoms. The van der Waals surface area contributed by atoms with Gasteiger partial charge in [-0.3, -0.25) is 4.79 Å². The van der Waals surface area contributed by atoms with Gasteiger partial charge in [-0.2, -0.15) is 0 Å². The summed E-state index contributed by atoms with van der Waals surface area (Å²) in [7, 11) is 0. The third-order valence-corrected chi connectivity index (χ3v) is 4.81. The van der Waals surface area contributed by atoms with Crippen LogP contribution < -0.4 is 14.8 Å². The molecule has 132 valence electrons. The number of likely N-dealkylation sites (tertiary alicyclic amines) is 1. The highest BCUT2D eigenvalue weighted by Crippen LogP contribution is 2.21. The van der Waals surface area contributed by atoms with Crippen molar-refractivity contribution >= 4 is 5.91 Å². The van der Waals surface area contributed by atoms with E-state index in [0.717, 1.165) is 37.4 Å². The Hall–Kier alpha value is -1.75. The molecule has 0 saturated carbocycles. The van der Waals surface area contributed by atoms with Crippen molar-refractivity contribution in [2.45, 2.75) is 51.1 Å². The van der Waals surface area contributed by atoms with E-state index in [1.54, 1.807) is 0 Å². The van der Waals surface area contributed by atoms with Crippen LogP contribution in [0.15, 0.2) is 24.3 Å². The van der Waals surface area contributed by atoms with Crippen LogP contribution in [-0.4, -0.2) is 49.2 Å². The monoisotopic (exact) mass is 332 g/mol. The molecule has 5 nitrogen and oxygen atoms in total. The molecule has 2 atom stereocenters. The van der Waals surface area contributed by atoms with Crippen molar-refractivity contribution in [1.29, 1.82) is 0 Å². The summed E-state index contributed by atoms with van der Waals surface area (Å²) in [5, 5.41) is 3.61. The third-order valence-electron chi connectivity index (χ3n) is 4.81. The highest BCUT2D eigenvalue weighted by Gasteiger charge is 2.30. The summed E-state index contributed by atoms with van der Waals surface area (Å²) in [5.41, 5.74) is 0. The van der Waals surface area contributed by atoms with Crippen molar-refractivity contribution in [3.05, 3.63) is 24.3 Å². The van der Waals surface area contributed by atoms with E-state index in [-0.39, 0.29) is 5.91 Å². The minimum absolute atomic E-state index is 0.264. The molecule has 2 aliphatic heterocycles. The van der Waals surface area contributed by atoms with E-state index in [9.17, 15) is 4.79 Å². The largest absolute Gasteiger partial charge is 0.494 e. The molecular weight excluding hydrogens is 304 g/mol. The second kappa shape index (κ2) is 8.38. The van der Waals surface area contributed by atoms with E-state index < -0.39 is 0 Å². The molecule has 3 rings (SSSR count). The lowest BCUT2D eigenvalue weighted by Crippen LogP contribution is -2.39. The number of ether oxygens (including phenoxy) is 2. The minimum atomic E-state index is 0.264. The van der Waals surface area contributed by atoms with Crippen LogP contribution >= 0.6 is 0 Å². The van der Waals surface area contributed by atoms with E-state index in [1.165, 1.54) is 12.8 Å². The molecule has 0 spiro atoms. The molecule has 1 amide bonds. The van der Waals surface area contributed by atoms with E-state index in [0.29, 0.717) is 31.7 Å². The first kappa shape index (κ1) is 17.1. The van der Waals surface area contributed by atoms with Crippen molar-refractivity contribution in [3.63, 3.8) is 0 Å². The average molecular weight is 332 g/mol. The molecule has 1 N–H and O–H groups in total. The van der Waals surface area contributed by atoms with Gasteiger partial charge in [0.25, 0.3) is 0 Å². The van der Waals surface area contributed by atoms with Crippen LogP contribution in [0.5, 0.6) is 11.5 Å². The Morgan fingerprint density at radius 3 is 2.58 bits per heavy atom. The number of rotatable bonds is 7. The highest BCUT2D eigenvalue weighted by atomic mass is 16.5. The molecule has 0 aromatic heterocycles. The van der Waals surface area contributed by atoms with E-state index >= 15 is 0 Å². The van der Waals surface area contributed by atoms with Crippen LogP contribution in [0.3, 0.4) is 0 Å². The normalized spacial score (nSPS) is 23.0. The maximum absolute atomic E-state index is 12.4. The number of benzene rings is 1. The standard InChI is InChI=1S/C19H28N2O3/c1-2-23-17-7-9-18(10-8-17)24-13-3-4-19(22)21-12-11-15-5-6-16(14-21)20-15/h7-10,15-16,20H,2-6,11-14H2,1H3. The molecule has 1 aromatic carbocycles. The number of fused-ring (bicyclic) bond motifs is 2. The van der Waals surface area contributed by atoms with Crippen molar-refractivity contribution < 1.29 is 14.3 Å². The van der Waals surface area contributed by atoms with Gasteiger partial charge >= 0.3 is 0 Å². The second-order valence-corrected chi connectivity index (χ2v) is 6.62. The van der Waals surface area contributed by atoms with Gasteiger partial charge in [0, 0.05) is 31.6 Å². The SMILES string of the molecule is CCOc1ccc(OCCCC(=O)N2CCC3CCC(C2)N3)cc1. The quantitative estimate of drug-likeness (QED) is 0.780. The van der Waals surface area contributed by atoms with Gasteiger partial charge in [0.05, 0.1) is 13.2 Å². The molecule has 2 bridgehead atoms. The first-order valence-electron chi connectivity index (χ1n) is 9.14. The van der Waals surface area contributed by atoms with E-state index in [1.807, 2.05) is 36.1 Å². The highest BCUT2D eigenvalue weighted by molar-refractivity contribution is 5.76. The van der Waals surface area contributed by atoms with Crippen LogP contribution in [0, 0.1) is 0 Å². The number of nitrogens with zero attached hydrogens (tertiary/aromatic N) is 1. The van der Waals surface area contributed by atoms with Gasteiger partial charge in [-0.15, -0.1) is 0 Å². The Morgan fingerprint density at radius 2 is 1.83 bits per heavy atom. The minimum Gasteiger partial charge on any atom is -0.494 e. The number of amides is 1. The number of carbonyl (C=O) groups excluding carboxylic acids is 1. The van der Waals surface area contributed by atoms with Crippen LogP contribution in [0.1, 0.15) is 39.0 Å². The Morgan fingerprint density at radius 1 is 1.12 bits per heavy atom. The molecule has 2 saturated heterocycles. The van der Waals surface area contributed by atoms with Crippen LogP contribution in [0.2, 0.25) is 0 Å². The first-order chi connectivity index (χ1) is 11.7. The lowest BCUT2D eigenvalue weighted by molar-refractivity contribution is -0.131. The Bertz CT molecular complexity index is 532. The fourth-order valence-corrected chi connectivity index (χ4v) is 3.54. The summed E-state index contributed by atoms with van der Waals surface area (Å²) in [5.74, 6) is 1.94.